The van der Waals surface area contributed by atoms with E-state index < -0.39 is 0 Å². The third-order valence-electron chi connectivity index (χ3n) is 6.33. The van der Waals surface area contributed by atoms with Gasteiger partial charge in [0.15, 0.2) is 5.65 Å². The monoisotopic (exact) mass is 425 g/mol. The van der Waals surface area contributed by atoms with E-state index in [0.717, 1.165) is 67.4 Å². The molecule has 0 aliphatic carbocycles. The molecule has 2 aliphatic rings. The molecule has 7 nitrogen and oxygen atoms in total. The molecule has 4 rings (SSSR count). The molecule has 1 fully saturated rings. The van der Waals surface area contributed by atoms with E-state index >= 15 is 0 Å². The summed E-state index contributed by atoms with van der Waals surface area (Å²) in [6.07, 6.45) is 6.81. The molecule has 1 atom stereocenters. The molecular weight excluding hydrogens is 390 g/mol. The molecule has 0 spiro atoms. The highest BCUT2D eigenvalue weighted by Crippen LogP contribution is 2.33. The quantitative estimate of drug-likeness (QED) is 0.689. The first kappa shape index (κ1) is 22.0. The normalized spacial score (nSPS) is 19.9. The first-order valence-corrected chi connectivity index (χ1v) is 11.6. The van der Waals surface area contributed by atoms with Crippen LogP contribution in [0.1, 0.15) is 68.2 Å². The Kier molecular flexibility index (Phi) is 6.72. The number of ether oxygens (including phenoxy) is 1. The molecule has 1 N–H and O–H groups in total. The van der Waals surface area contributed by atoms with E-state index in [1.807, 2.05) is 25.3 Å². The molecule has 0 aromatic carbocycles. The van der Waals surface area contributed by atoms with Crippen molar-refractivity contribution in [1.82, 2.24) is 24.8 Å². The Morgan fingerprint density at radius 3 is 2.94 bits per heavy atom. The third-order valence-corrected chi connectivity index (χ3v) is 6.33. The molecule has 2 aromatic rings. The van der Waals surface area contributed by atoms with Gasteiger partial charge < -0.3 is 10.1 Å². The number of nitrogens with one attached hydrogen (secondary N) is 1. The first-order chi connectivity index (χ1) is 14.9. The van der Waals surface area contributed by atoms with Crippen LogP contribution in [0.2, 0.25) is 0 Å². The number of hydrogen-bond donors (Lipinski definition) is 1. The zero-order valence-electron chi connectivity index (χ0n) is 19.3. The summed E-state index contributed by atoms with van der Waals surface area (Å²) in [5.41, 5.74) is 6.57. The van der Waals surface area contributed by atoms with Crippen molar-refractivity contribution in [2.75, 3.05) is 26.3 Å². The van der Waals surface area contributed by atoms with Crippen molar-refractivity contribution in [3.63, 3.8) is 0 Å². The van der Waals surface area contributed by atoms with E-state index in [-0.39, 0.29) is 11.9 Å². The molecule has 4 heterocycles. The molecule has 0 radical (unpaired) electrons. The summed E-state index contributed by atoms with van der Waals surface area (Å²) in [4.78, 5) is 19.5. The lowest BCUT2D eigenvalue weighted by Crippen LogP contribution is -2.30. The van der Waals surface area contributed by atoms with Crippen LogP contribution in [0.5, 0.6) is 0 Å². The minimum Gasteiger partial charge on any atom is -0.377 e. The Morgan fingerprint density at radius 1 is 1.35 bits per heavy atom. The molecule has 2 aromatic heterocycles. The number of carbonyl (C=O) groups is 1. The molecule has 1 amide bonds. The fourth-order valence-electron chi connectivity index (χ4n) is 4.83. The molecule has 168 valence electrons. The van der Waals surface area contributed by atoms with E-state index in [1.54, 1.807) is 0 Å². The van der Waals surface area contributed by atoms with Crippen LogP contribution in [0.4, 0.5) is 0 Å². The van der Waals surface area contributed by atoms with E-state index in [0.29, 0.717) is 18.9 Å². The summed E-state index contributed by atoms with van der Waals surface area (Å²) in [6.45, 7) is 11.7. The van der Waals surface area contributed by atoms with Crippen molar-refractivity contribution in [2.24, 2.45) is 0 Å². The fraction of sp³-hybridized carbons (Fsp3) is 0.625. The van der Waals surface area contributed by atoms with E-state index in [2.05, 4.69) is 29.3 Å². The zero-order valence-corrected chi connectivity index (χ0v) is 19.3. The van der Waals surface area contributed by atoms with Crippen LogP contribution in [0.25, 0.3) is 5.65 Å². The van der Waals surface area contributed by atoms with Crippen LogP contribution in [-0.4, -0.2) is 57.8 Å². The van der Waals surface area contributed by atoms with Gasteiger partial charge in [0, 0.05) is 36.5 Å². The Balaban J connectivity index is 1.54. The van der Waals surface area contributed by atoms with Crippen molar-refractivity contribution >= 4 is 11.6 Å². The lowest BCUT2D eigenvalue weighted by Gasteiger charge is -2.25. The number of rotatable bonds is 7. The van der Waals surface area contributed by atoms with Gasteiger partial charge in [0.2, 0.25) is 5.91 Å². The van der Waals surface area contributed by atoms with Gasteiger partial charge in [0.25, 0.3) is 0 Å². The number of fused-ring (bicyclic) bond motifs is 1. The second-order valence-corrected chi connectivity index (χ2v) is 9.15. The van der Waals surface area contributed by atoms with Gasteiger partial charge in [0.05, 0.1) is 24.9 Å². The maximum Gasteiger partial charge on any atom is 0.220 e. The molecule has 0 saturated carbocycles. The van der Waals surface area contributed by atoms with Gasteiger partial charge in [0.1, 0.15) is 0 Å². The van der Waals surface area contributed by atoms with Crippen molar-refractivity contribution < 1.29 is 9.53 Å². The molecule has 2 aliphatic heterocycles. The Morgan fingerprint density at radius 2 is 2.19 bits per heavy atom. The lowest BCUT2D eigenvalue weighted by atomic mass is 10.1. The molecular formula is C24H35N5O2. The predicted octanol–water partition coefficient (Wildman–Crippen LogP) is 3.29. The maximum absolute atomic E-state index is 12.1. The maximum atomic E-state index is 12.1. The van der Waals surface area contributed by atoms with Crippen molar-refractivity contribution in [2.45, 2.75) is 71.9 Å². The van der Waals surface area contributed by atoms with Crippen LogP contribution in [0.3, 0.4) is 0 Å². The molecule has 1 unspecified atom stereocenters. The molecule has 7 heteroatoms. The number of hydrogen-bond acceptors (Lipinski definition) is 5. The summed E-state index contributed by atoms with van der Waals surface area (Å²) in [5, 5.41) is 7.94. The topological polar surface area (TPSA) is 71.8 Å². The summed E-state index contributed by atoms with van der Waals surface area (Å²) in [6, 6.07) is 2.63. The number of amides is 1. The lowest BCUT2D eigenvalue weighted by molar-refractivity contribution is -0.121. The number of aryl methyl sites for hydroxylation is 2. The average Bonchev–Trinajstić information content (AvgIpc) is 3.34. The van der Waals surface area contributed by atoms with Crippen molar-refractivity contribution in [1.29, 1.82) is 0 Å². The fourth-order valence-corrected chi connectivity index (χ4v) is 4.83. The SMILES string of the molecule is Cc1nc2cc(C3CCCN3CC3=CCCOC3)nn2c(C)c1CCC(=O)NC(C)C. The first-order valence-electron chi connectivity index (χ1n) is 11.6. The predicted molar refractivity (Wildman–Crippen MR) is 121 cm³/mol. The second-order valence-electron chi connectivity index (χ2n) is 9.15. The van der Waals surface area contributed by atoms with Crippen LogP contribution < -0.4 is 5.32 Å². The molecule has 1 saturated heterocycles. The Labute approximate surface area is 184 Å². The van der Waals surface area contributed by atoms with Crippen molar-refractivity contribution in [3.05, 3.63) is 40.4 Å². The van der Waals surface area contributed by atoms with Gasteiger partial charge >= 0.3 is 0 Å². The van der Waals surface area contributed by atoms with Gasteiger partial charge in [-0.25, -0.2) is 9.50 Å². The summed E-state index contributed by atoms with van der Waals surface area (Å²) in [5.74, 6) is 0.0812. The number of likely N-dealkylation sites (tertiary alicyclic amines) is 1. The van der Waals surface area contributed by atoms with Crippen LogP contribution >= 0.6 is 0 Å². The van der Waals surface area contributed by atoms with Gasteiger partial charge in [-0.2, -0.15) is 5.10 Å². The van der Waals surface area contributed by atoms with E-state index in [1.165, 1.54) is 12.0 Å². The standard InChI is InChI=1S/C24H35N5O2/c1-16(2)25-24(30)10-9-20-17(3)26-23-13-21(27-29(23)18(20)4)22-8-5-11-28(22)14-19-7-6-12-31-15-19/h7,13,16,22H,5-6,8-12,14-15H2,1-4H3,(H,25,30). The van der Waals surface area contributed by atoms with Crippen LogP contribution in [0, 0.1) is 13.8 Å². The Hall–Kier alpha value is -2.25. The summed E-state index contributed by atoms with van der Waals surface area (Å²) in [7, 11) is 0. The number of aromatic nitrogens is 3. The summed E-state index contributed by atoms with van der Waals surface area (Å²) < 4.78 is 7.60. The van der Waals surface area contributed by atoms with E-state index in [9.17, 15) is 4.79 Å². The molecule has 0 bridgehead atoms. The van der Waals surface area contributed by atoms with Gasteiger partial charge in [-0.3, -0.25) is 9.69 Å². The minimum absolute atomic E-state index is 0.0812. The average molecular weight is 426 g/mol. The highest BCUT2D eigenvalue weighted by atomic mass is 16.5. The van der Waals surface area contributed by atoms with Crippen LogP contribution in [-0.2, 0) is 16.0 Å². The van der Waals surface area contributed by atoms with Gasteiger partial charge in [-0.05, 0) is 71.1 Å². The highest BCUT2D eigenvalue weighted by molar-refractivity contribution is 5.76. The van der Waals surface area contributed by atoms with Gasteiger partial charge in [-0.15, -0.1) is 0 Å². The van der Waals surface area contributed by atoms with Gasteiger partial charge in [-0.1, -0.05) is 6.08 Å². The number of carbonyl (C=O) groups excluding carboxylic acids is 1. The highest BCUT2D eigenvalue weighted by Gasteiger charge is 2.29. The van der Waals surface area contributed by atoms with Crippen molar-refractivity contribution in [3.8, 4) is 0 Å². The second kappa shape index (κ2) is 9.49. The van der Waals surface area contributed by atoms with Crippen LogP contribution in [0.15, 0.2) is 17.7 Å². The van der Waals surface area contributed by atoms with E-state index in [4.69, 9.17) is 14.8 Å². The zero-order chi connectivity index (χ0) is 22.0. The largest absolute Gasteiger partial charge is 0.377 e. The molecule has 31 heavy (non-hydrogen) atoms. The summed E-state index contributed by atoms with van der Waals surface area (Å²) >= 11 is 0. The smallest absolute Gasteiger partial charge is 0.220 e. The minimum atomic E-state index is 0.0812. The number of nitrogens with zero attached hydrogens (tertiary/aromatic N) is 4. The third kappa shape index (κ3) is 4.99. The Bertz CT molecular complexity index is 978.